The summed E-state index contributed by atoms with van der Waals surface area (Å²) in [7, 11) is 8.04. The van der Waals surface area contributed by atoms with Crippen LogP contribution >= 0.6 is 24.0 Å². The zero-order valence-corrected chi connectivity index (χ0v) is 22.1. The van der Waals surface area contributed by atoms with Gasteiger partial charge < -0.3 is 15.5 Å². The van der Waals surface area contributed by atoms with E-state index in [4.69, 9.17) is 0 Å². The van der Waals surface area contributed by atoms with Gasteiger partial charge in [0.1, 0.15) is 0 Å². The van der Waals surface area contributed by atoms with E-state index in [1.807, 2.05) is 25.0 Å². The number of likely N-dealkylation sites (N-methyl/N-ethyl adjacent to an activating group) is 1. The van der Waals surface area contributed by atoms with Crippen molar-refractivity contribution in [3.63, 3.8) is 0 Å². The number of aryl methyl sites for hydroxylation is 1. The maximum Gasteiger partial charge on any atom is 0.191 e. The Morgan fingerprint density at radius 2 is 1.88 bits per heavy atom. The molecule has 32 heavy (non-hydrogen) atoms. The summed E-state index contributed by atoms with van der Waals surface area (Å²) in [5.41, 5.74) is 2.64. The Kier molecular flexibility index (Phi) is 8.95. The number of guanidine groups is 1. The van der Waals surface area contributed by atoms with Gasteiger partial charge in [0.05, 0.1) is 12.2 Å². The number of aliphatic imine (C=N–C) groups is 1. The fraction of sp³-hybridized carbons (Fsp3) is 0.583. The van der Waals surface area contributed by atoms with Gasteiger partial charge in [-0.15, -0.1) is 24.0 Å². The van der Waals surface area contributed by atoms with Crippen molar-refractivity contribution in [1.29, 1.82) is 0 Å². The first-order valence-electron chi connectivity index (χ1n) is 11.4. The van der Waals surface area contributed by atoms with Crippen LogP contribution in [-0.4, -0.2) is 71.4 Å². The van der Waals surface area contributed by atoms with Crippen molar-refractivity contribution in [2.75, 3.05) is 27.7 Å². The molecule has 1 aromatic carbocycles. The van der Waals surface area contributed by atoms with Gasteiger partial charge in [0.25, 0.3) is 0 Å². The molecule has 0 aliphatic carbocycles. The molecule has 0 saturated carbocycles. The molecular formula is C24H38IN7. The molecule has 0 radical (unpaired) electrons. The third-order valence-electron chi connectivity index (χ3n) is 6.85. The minimum atomic E-state index is 0. The highest BCUT2D eigenvalue weighted by Gasteiger charge is 2.40. The fourth-order valence-corrected chi connectivity index (χ4v) is 5.24. The van der Waals surface area contributed by atoms with Crippen LogP contribution in [-0.2, 0) is 13.6 Å². The molecule has 2 bridgehead atoms. The lowest BCUT2D eigenvalue weighted by molar-refractivity contribution is 0.114. The minimum Gasteiger partial charge on any atom is -0.354 e. The Balaban J connectivity index is 0.00000289. The van der Waals surface area contributed by atoms with E-state index in [-0.39, 0.29) is 30.0 Å². The second kappa shape index (κ2) is 11.5. The molecule has 2 aliphatic heterocycles. The fourth-order valence-electron chi connectivity index (χ4n) is 5.24. The Morgan fingerprint density at radius 3 is 2.44 bits per heavy atom. The van der Waals surface area contributed by atoms with E-state index in [0.717, 1.165) is 19.0 Å². The van der Waals surface area contributed by atoms with Gasteiger partial charge in [-0.3, -0.25) is 14.6 Å². The number of hydrogen-bond donors (Lipinski definition) is 2. The van der Waals surface area contributed by atoms with Crippen LogP contribution in [0.4, 0.5) is 0 Å². The van der Waals surface area contributed by atoms with E-state index in [9.17, 15) is 0 Å². The SMILES string of the molecule is CN=C(NCC(c1cnn(C)c1)N(C)C)NC1CC2CCC(C1)N2Cc1ccccc1.I. The molecule has 0 amide bonds. The largest absolute Gasteiger partial charge is 0.354 e. The van der Waals surface area contributed by atoms with E-state index in [2.05, 4.69) is 81.1 Å². The highest BCUT2D eigenvalue weighted by Crippen LogP contribution is 2.36. The van der Waals surface area contributed by atoms with Crippen LogP contribution in [0.1, 0.15) is 42.9 Å². The molecule has 2 N–H and O–H groups in total. The number of nitrogens with zero attached hydrogens (tertiary/aromatic N) is 5. The number of halogens is 1. The normalized spacial score (nSPS) is 24.3. The quantitative estimate of drug-likeness (QED) is 0.315. The number of fused-ring (bicyclic) bond motifs is 2. The maximum absolute atomic E-state index is 4.51. The molecule has 2 fully saturated rings. The van der Waals surface area contributed by atoms with Gasteiger partial charge in [-0.25, -0.2) is 0 Å². The van der Waals surface area contributed by atoms with Crippen LogP contribution < -0.4 is 10.6 Å². The molecule has 2 saturated heterocycles. The number of aromatic nitrogens is 2. The number of piperidine rings is 1. The van der Waals surface area contributed by atoms with Crippen molar-refractivity contribution < 1.29 is 0 Å². The zero-order chi connectivity index (χ0) is 21.8. The molecule has 3 heterocycles. The van der Waals surface area contributed by atoms with Crippen molar-refractivity contribution in [2.45, 2.75) is 56.4 Å². The van der Waals surface area contributed by atoms with E-state index >= 15 is 0 Å². The zero-order valence-electron chi connectivity index (χ0n) is 19.7. The second-order valence-corrected chi connectivity index (χ2v) is 9.24. The molecule has 3 atom stereocenters. The summed E-state index contributed by atoms with van der Waals surface area (Å²) in [4.78, 5) is 9.46. The number of benzene rings is 1. The average Bonchev–Trinajstić information content (AvgIpc) is 3.27. The van der Waals surface area contributed by atoms with Gasteiger partial charge in [0.15, 0.2) is 5.96 Å². The monoisotopic (exact) mass is 551 g/mol. The summed E-state index contributed by atoms with van der Waals surface area (Å²) in [5.74, 6) is 0.900. The lowest BCUT2D eigenvalue weighted by Crippen LogP contribution is -2.53. The van der Waals surface area contributed by atoms with Crippen molar-refractivity contribution in [1.82, 2.24) is 30.2 Å². The van der Waals surface area contributed by atoms with E-state index < -0.39 is 0 Å². The molecule has 176 valence electrons. The van der Waals surface area contributed by atoms with Gasteiger partial charge in [-0.2, -0.15) is 5.10 Å². The maximum atomic E-state index is 4.51. The molecule has 7 nitrogen and oxygen atoms in total. The Morgan fingerprint density at radius 1 is 1.19 bits per heavy atom. The predicted octanol–water partition coefficient (Wildman–Crippen LogP) is 3.00. The van der Waals surface area contributed by atoms with Gasteiger partial charge in [0.2, 0.25) is 0 Å². The lowest BCUT2D eigenvalue weighted by atomic mass is 9.96. The topological polar surface area (TPSA) is 60.7 Å². The van der Waals surface area contributed by atoms with Crippen LogP contribution in [0.25, 0.3) is 0 Å². The van der Waals surface area contributed by atoms with E-state index in [0.29, 0.717) is 18.1 Å². The smallest absolute Gasteiger partial charge is 0.191 e. The summed E-state index contributed by atoms with van der Waals surface area (Å²) in [6.07, 6.45) is 9.02. The summed E-state index contributed by atoms with van der Waals surface area (Å²) in [6.45, 7) is 1.86. The van der Waals surface area contributed by atoms with Crippen molar-refractivity contribution >= 4 is 29.9 Å². The average molecular weight is 552 g/mol. The molecule has 2 aliphatic rings. The van der Waals surface area contributed by atoms with Gasteiger partial charge in [-0.05, 0) is 45.3 Å². The minimum absolute atomic E-state index is 0. The number of nitrogens with one attached hydrogen (secondary N) is 2. The van der Waals surface area contributed by atoms with Crippen LogP contribution in [0.3, 0.4) is 0 Å². The third kappa shape index (κ3) is 6.02. The number of hydrogen-bond acceptors (Lipinski definition) is 4. The molecular weight excluding hydrogens is 513 g/mol. The molecule has 3 unspecified atom stereocenters. The highest BCUT2D eigenvalue weighted by molar-refractivity contribution is 14.0. The van der Waals surface area contributed by atoms with Gasteiger partial charge >= 0.3 is 0 Å². The van der Waals surface area contributed by atoms with Gasteiger partial charge in [-0.1, -0.05) is 30.3 Å². The van der Waals surface area contributed by atoms with Crippen LogP contribution in [0.5, 0.6) is 0 Å². The first-order valence-corrected chi connectivity index (χ1v) is 11.4. The standard InChI is InChI=1S/C24H37N7.HI/c1-25-24(26-15-23(29(2)3)19-14-27-30(4)17-19)28-20-12-21-10-11-22(13-20)31(21)16-18-8-6-5-7-9-18;/h5-9,14,17,20-23H,10-13,15-16H2,1-4H3,(H2,25,26,28);1H. The van der Waals surface area contributed by atoms with Gasteiger partial charge in [0, 0.05) is 57.1 Å². The second-order valence-electron chi connectivity index (χ2n) is 9.24. The van der Waals surface area contributed by atoms with Crippen molar-refractivity contribution in [3.8, 4) is 0 Å². The molecule has 0 spiro atoms. The number of rotatable bonds is 7. The lowest BCUT2D eigenvalue weighted by Gasteiger charge is -2.39. The van der Waals surface area contributed by atoms with E-state index in [1.54, 1.807) is 0 Å². The van der Waals surface area contributed by atoms with Crippen LogP contribution in [0.15, 0.2) is 47.7 Å². The first kappa shape index (κ1) is 25.0. The summed E-state index contributed by atoms with van der Waals surface area (Å²) in [5, 5.41) is 11.6. The Bertz CT molecular complexity index is 852. The third-order valence-corrected chi connectivity index (χ3v) is 6.85. The Hall–Kier alpha value is -1.65. The summed E-state index contributed by atoms with van der Waals surface area (Å²) < 4.78 is 1.86. The highest BCUT2D eigenvalue weighted by atomic mass is 127. The predicted molar refractivity (Wildman–Crippen MR) is 141 cm³/mol. The van der Waals surface area contributed by atoms with Crippen LogP contribution in [0, 0.1) is 0 Å². The van der Waals surface area contributed by atoms with Crippen molar-refractivity contribution in [2.24, 2.45) is 12.0 Å². The summed E-state index contributed by atoms with van der Waals surface area (Å²) >= 11 is 0. The molecule has 8 heteroatoms. The Labute approximate surface area is 209 Å². The van der Waals surface area contributed by atoms with Crippen molar-refractivity contribution in [3.05, 3.63) is 53.9 Å². The molecule has 2 aromatic rings. The molecule has 4 rings (SSSR count). The summed E-state index contributed by atoms with van der Waals surface area (Å²) in [6, 6.07) is 12.9. The van der Waals surface area contributed by atoms with Crippen LogP contribution in [0.2, 0.25) is 0 Å². The first-order chi connectivity index (χ1) is 15.0. The van der Waals surface area contributed by atoms with E-state index in [1.165, 1.54) is 36.8 Å². The molecule has 1 aromatic heterocycles.